The molecule has 1 fully saturated rings. The Balaban J connectivity index is 1.48. The molecule has 0 radical (unpaired) electrons. The van der Waals surface area contributed by atoms with Gasteiger partial charge >= 0.3 is 12.5 Å². The second kappa shape index (κ2) is 10.6. The molecule has 0 saturated carbocycles. The van der Waals surface area contributed by atoms with E-state index in [0.717, 1.165) is 30.0 Å². The van der Waals surface area contributed by atoms with Gasteiger partial charge in [0.05, 0.1) is 18.1 Å². The minimum atomic E-state index is -0.494. The predicted molar refractivity (Wildman–Crippen MR) is 109 cm³/mol. The van der Waals surface area contributed by atoms with Gasteiger partial charge in [0.1, 0.15) is 5.69 Å². The van der Waals surface area contributed by atoms with Crippen LogP contribution in [0.3, 0.4) is 0 Å². The molecule has 0 spiro atoms. The summed E-state index contributed by atoms with van der Waals surface area (Å²) in [6.45, 7) is 4.16. The number of carbonyl (C=O) groups is 2. The second-order valence-corrected chi connectivity index (χ2v) is 7.14. The number of nitrogens with one attached hydrogen (secondary N) is 1. The topological polar surface area (TPSA) is 92.6 Å². The molecule has 9 nitrogen and oxygen atoms in total. The minimum Gasteiger partial charge on any atom is -0.335 e. The molecular formula is C20H28N6O3. The van der Waals surface area contributed by atoms with Crippen LogP contribution < -0.4 is 10.4 Å². The molecular weight excluding hydrogens is 372 g/mol. The second-order valence-electron chi connectivity index (χ2n) is 7.14. The zero-order valence-electron chi connectivity index (χ0n) is 16.8. The highest BCUT2D eigenvalue weighted by molar-refractivity contribution is 5.90. The highest BCUT2D eigenvalue weighted by Crippen LogP contribution is 2.20. The van der Waals surface area contributed by atoms with Crippen molar-refractivity contribution in [1.29, 1.82) is 0 Å². The third kappa shape index (κ3) is 6.02. The van der Waals surface area contributed by atoms with Crippen molar-refractivity contribution in [3.8, 4) is 11.3 Å². The monoisotopic (exact) mass is 400 g/mol. The number of aryl methyl sites for hydroxylation is 1. The Kier molecular flexibility index (Phi) is 7.57. The van der Waals surface area contributed by atoms with Crippen molar-refractivity contribution < 1.29 is 14.4 Å². The number of hydrogen-bond acceptors (Lipinski definition) is 6. The third-order valence-corrected chi connectivity index (χ3v) is 4.94. The molecule has 1 aliphatic rings. The van der Waals surface area contributed by atoms with Crippen molar-refractivity contribution in [1.82, 2.24) is 25.0 Å². The van der Waals surface area contributed by atoms with Gasteiger partial charge in [0.15, 0.2) is 0 Å². The SMILES string of the molecule is Cn1cc(-c2ccc(N(OC=O)C(=O)NCCCCN3CCCCC3)cn2)cn1. The average molecular weight is 400 g/mol. The Bertz CT molecular complexity index is 786. The summed E-state index contributed by atoms with van der Waals surface area (Å²) >= 11 is 0. The maximum absolute atomic E-state index is 12.4. The van der Waals surface area contributed by atoms with Gasteiger partial charge in [0.2, 0.25) is 0 Å². The van der Waals surface area contributed by atoms with Crippen LogP contribution in [0.1, 0.15) is 32.1 Å². The van der Waals surface area contributed by atoms with Crippen molar-refractivity contribution >= 4 is 18.2 Å². The third-order valence-electron chi connectivity index (χ3n) is 4.94. The number of pyridine rings is 1. The van der Waals surface area contributed by atoms with Crippen LogP contribution in [0.4, 0.5) is 10.5 Å². The molecule has 0 unspecified atom stereocenters. The number of anilines is 1. The number of urea groups is 1. The number of rotatable bonds is 9. The van der Waals surface area contributed by atoms with Gasteiger partial charge in [-0.2, -0.15) is 5.10 Å². The van der Waals surface area contributed by atoms with Gasteiger partial charge < -0.3 is 15.1 Å². The number of amides is 2. The first-order valence-electron chi connectivity index (χ1n) is 10.0. The zero-order valence-corrected chi connectivity index (χ0v) is 16.8. The predicted octanol–water partition coefficient (Wildman–Crippen LogP) is 2.35. The lowest BCUT2D eigenvalue weighted by Gasteiger charge is -2.26. The molecule has 0 aromatic carbocycles. The number of aromatic nitrogens is 3. The molecule has 0 aliphatic carbocycles. The Morgan fingerprint density at radius 3 is 2.72 bits per heavy atom. The molecule has 156 valence electrons. The molecule has 2 amide bonds. The maximum Gasteiger partial charge on any atom is 0.355 e. The summed E-state index contributed by atoms with van der Waals surface area (Å²) in [5.41, 5.74) is 1.95. The number of hydrogen-bond donors (Lipinski definition) is 1. The molecule has 1 aliphatic heterocycles. The Morgan fingerprint density at radius 1 is 1.24 bits per heavy atom. The normalized spacial score (nSPS) is 14.4. The van der Waals surface area contributed by atoms with Gasteiger partial charge in [0, 0.05) is 25.4 Å². The Hall–Kier alpha value is -2.94. The van der Waals surface area contributed by atoms with Crippen molar-refractivity contribution in [2.45, 2.75) is 32.1 Å². The average Bonchev–Trinajstić information content (AvgIpc) is 3.19. The fraction of sp³-hybridized carbons (Fsp3) is 0.500. The first-order chi connectivity index (χ1) is 14.2. The molecule has 1 N–H and O–H groups in total. The zero-order chi connectivity index (χ0) is 20.5. The molecule has 3 heterocycles. The largest absolute Gasteiger partial charge is 0.355 e. The van der Waals surface area contributed by atoms with E-state index in [1.165, 1.54) is 38.5 Å². The van der Waals surface area contributed by atoms with E-state index < -0.39 is 6.03 Å². The number of hydroxylamine groups is 1. The maximum atomic E-state index is 12.4. The van der Waals surface area contributed by atoms with Gasteiger partial charge in [-0.15, -0.1) is 5.06 Å². The van der Waals surface area contributed by atoms with E-state index in [9.17, 15) is 9.59 Å². The van der Waals surface area contributed by atoms with Crippen LogP contribution in [-0.4, -0.2) is 58.3 Å². The summed E-state index contributed by atoms with van der Waals surface area (Å²) in [6, 6.07) is 2.93. The van der Waals surface area contributed by atoms with Crippen LogP contribution in [0.25, 0.3) is 11.3 Å². The van der Waals surface area contributed by atoms with Crippen LogP contribution in [0.2, 0.25) is 0 Å². The number of piperidine rings is 1. The molecule has 29 heavy (non-hydrogen) atoms. The fourth-order valence-corrected chi connectivity index (χ4v) is 3.41. The van der Waals surface area contributed by atoms with Gasteiger partial charge in [-0.25, -0.2) is 4.79 Å². The minimum absolute atomic E-state index is 0.227. The number of carbonyl (C=O) groups excluding carboxylic acids is 2. The van der Waals surface area contributed by atoms with E-state index >= 15 is 0 Å². The standard InChI is InChI=1S/C20H28N6O3/c1-24-15-17(13-23-24)19-8-7-18(14-22-19)26(29-16-27)20(28)21-9-3-6-12-25-10-4-2-5-11-25/h7-8,13-16H,2-6,9-12H2,1H3,(H,21,28). The molecule has 0 bridgehead atoms. The quantitative estimate of drug-likeness (QED) is 0.395. The first kappa shape index (κ1) is 20.8. The van der Waals surface area contributed by atoms with Crippen LogP contribution in [-0.2, 0) is 16.7 Å². The molecule has 3 rings (SSSR count). The fourth-order valence-electron chi connectivity index (χ4n) is 3.41. The van der Waals surface area contributed by atoms with Gasteiger partial charge in [-0.3, -0.25) is 14.5 Å². The Labute approximate surface area is 170 Å². The molecule has 0 atom stereocenters. The molecule has 9 heteroatoms. The molecule has 2 aromatic heterocycles. The summed E-state index contributed by atoms with van der Waals surface area (Å²) in [6.07, 6.45) is 10.8. The van der Waals surface area contributed by atoms with Gasteiger partial charge in [-0.1, -0.05) is 6.42 Å². The smallest absolute Gasteiger partial charge is 0.335 e. The van der Waals surface area contributed by atoms with Crippen LogP contribution >= 0.6 is 0 Å². The summed E-state index contributed by atoms with van der Waals surface area (Å²) < 4.78 is 1.69. The van der Waals surface area contributed by atoms with E-state index in [2.05, 4.69) is 20.3 Å². The highest BCUT2D eigenvalue weighted by Gasteiger charge is 2.18. The lowest BCUT2D eigenvalue weighted by Crippen LogP contribution is -2.40. The van der Waals surface area contributed by atoms with Crippen molar-refractivity contribution in [2.24, 2.45) is 7.05 Å². The number of likely N-dealkylation sites (tertiary alicyclic amines) is 1. The summed E-state index contributed by atoms with van der Waals surface area (Å²) in [5, 5.41) is 7.83. The summed E-state index contributed by atoms with van der Waals surface area (Å²) in [5.74, 6) is 0. The van der Waals surface area contributed by atoms with Crippen molar-refractivity contribution in [3.05, 3.63) is 30.7 Å². The lowest BCUT2D eigenvalue weighted by molar-refractivity contribution is -0.128. The van der Waals surface area contributed by atoms with E-state index in [4.69, 9.17) is 4.84 Å². The van der Waals surface area contributed by atoms with Crippen LogP contribution in [0.5, 0.6) is 0 Å². The first-order valence-corrected chi connectivity index (χ1v) is 10.0. The molecule has 1 saturated heterocycles. The van der Waals surface area contributed by atoms with Crippen molar-refractivity contribution in [2.75, 3.05) is 31.2 Å². The number of nitrogens with zero attached hydrogens (tertiary/aromatic N) is 5. The Morgan fingerprint density at radius 2 is 2.07 bits per heavy atom. The summed E-state index contributed by atoms with van der Waals surface area (Å²) in [4.78, 5) is 35.0. The van der Waals surface area contributed by atoms with Crippen molar-refractivity contribution in [3.63, 3.8) is 0 Å². The molecule has 2 aromatic rings. The van der Waals surface area contributed by atoms with E-state index in [1.54, 1.807) is 23.0 Å². The lowest BCUT2D eigenvalue weighted by atomic mass is 10.1. The number of unbranched alkanes of at least 4 members (excludes halogenated alkanes) is 1. The van der Waals surface area contributed by atoms with Crippen LogP contribution in [0.15, 0.2) is 30.7 Å². The van der Waals surface area contributed by atoms with Crippen LogP contribution in [0, 0.1) is 0 Å². The van der Waals surface area contributed by atoms with E-state index in [0.29, 0.717) is 17.9 Å². The highest BCUT2D eigenvalue weighted by atomic mass is 16.7. The van der Waals surface area contributed by atoms with E-state index in [1.807, 2.05) is 13.2 Å². The van der Waals surface area contributed by atoms with E-state index in [-0.39, 0.29) is 6.47 Å². The summed E-state index contributed by atoms with van der Waals surface area (Å²) in [7, 11) is 1.83. The van der Waals surface area contributed by atoms with Gasteiger partial charge in [-0.05, 0) is 57.5 Å². The van der Waals surface area contributed by atoms with Gasteiger partial charge in [0.25, 0.3) is 0 Å².